The second-order valence-electron chi connectivity index (χ2n) is 7.32. The average molecular weight is 430 g/mol. The first-order valence-corrected chi connectivity index (χ1v) is 11.2. The Hall–Kier alpha value is -2.78. The van der Waals surface area contributed by atoms with Gasteiger partial charge in [0.2, 0.25) is 15.9 Å². The lowest BCUT2D eigenvalue weighted by Crippen LogP contribution is -2.26. The van der Waals surface area contributed by atoms with Gasteiger partial charge in [0.1, 0.15) is 5.82 Å². The Labute approximate surface area is 177 Å². The van der Waals surface area contributed by atoms with Crippen LogP contribution in [-0.2, 0) is 34.3 Å². The first kappa shape index (κ1) is 21.9. The Morgan fingerprint density at radius 1 is 1.17 bits per heavy atom. The van der Waals surface area contributed by atoms with E-state index in [2.05, 4.69) is 9.97 Å². The van der Waals surface area contributed by atoms with E-state index in [9.17, 15) is 13.2 Å². The molecule has 3 aromatic rings. The van der Waals surface area contributed by atoms with Gasteiger partial charge in [-0.1, -0.05) is 6.07 Å². The van der Waals surface area contributed by atoms with Crippen molar-refractivity contribution in [2.75, 3.05) is 21.1 Å². The molecule has 0 spiro atoms. The molecule has 0 unspecified atom stereocenters. The maximum atomic E-state index is 12.6. The molecule has 0 saturated heterocycles. The molecule has 0 atom stereocenters. The van der Waals surface area contributed by atoms with Gasteiger partial charge < -0.3 is 9.47 Å². The molecule has 0 bridgehead atoms. The molecule has 1 amide bonds. The Morgan fingerprint density at radius 3 is 2.57 bits per heavy atom. The Kier molecular flexibility index (Phi) is 6.52. The lowest BCUT2D eigenvalue weighted by Gasteiger charge is -2.17. The Bertz CT molecular complexity index is 1140. The van der Waals surface area contributed by atoms with Crippen molar-refractivity contribution >= 4 is 27.0 Å². The van der Waals surface area contributed by atoms with Crippen molar-refractivity contribution in [2.24, 2.45) is 0 Å². The number of nitrogens with zero attached hydrogens (tertiary/aromatic N) is 5. The van der Waals surface area contributed by atoms with Gasteiger partial charge in [0.15, 0.2) is 0 Å². The highest BCUT2D eigenvalue weighted by Gasteiger charge is 2.20. The monoisotopic (exact) mass is 429 g/mol. The zero-order valence-corrected chi connectivity index (χ0v) is 18.6. The predicted octanol–water partition coefficient (Wildman–Crippen LogP) is 2.29. The number of hydrogen-bond donors (Lipinski definition) is 0. The normalized spacial score (nSPS) is 11.9. The fraction of sp³-hybridized carbons (Fsp3) is 0.381. The maximum Gasteiger partial charge on any atom is 0.242 e. The number of fused-ring (bicyclic) bond motifs is 1. The highest BCUT2D eigenvalue weighted by molar-refractivity contribution is 7.89. The van der Waals surface area contributed by atoms with Crippen LogP contribution in [-0.4, -0.2) is 59.2 Å². The van der Waals surface area contributed by atoms with Crippen LogP contribution in [0.25, 0.3) is 11.0 Å². The molecule has 9 heteroatoms. The van der Waals surface area contributed by atoms with Crippen molar-refractivity contribution in [1.82, 2.24) is 23.7 Å². The molecule has 0 fully saturated rings. The summed E-state index contributed by atoms with van der Waals surface area (Å²) in [4.78, 5) is 23.2. The third-order valence-electron chi connectivity index (χ3n) is 5.02. The zero-order chi connectivity index (χ0) is 21.9. The van der Waals surface area contributed by atoms with Gasteiger partial charge in [-0.05, 0) is 36.8 Å². The van der Waals surface area contributed by atoms with Crippen LogP contribution in [0.1, 0.15) is 24.7 Å². The predicted molar refractivity (Wildman–Crippen MR) is 115 cm³/mol. The van der Waals surface area contributed by atoms with Crippen LogP contribution in [0.4, 0.5) is 0 Å². The lowest BCUT2D eigenvalue weighted by atomic mass is 10.2. The van der Waals surface area contributed by atoms with Crippen LogP contribution < -0.4 is 0 Å². The fourth-order valence-electron chi connectivity index (χ4n) is 3.34. The number of carbonyl (C=O) groups excluding carboxylic acids is 1. The molecule has 2 aromatic heterocycles. The van der Waals surface area contributed by atoms with Crippen LogP contribution in [0.2, 0.25) is 0 Å². The van der Waals surface area contributed by atoms with Crippen molar-refractivity contribution in [3.8, 4) is 0 Å². The summed E-state index contributed by atoms with van der Waals surface area (Å²) in [6, 6.07) is 8.76. The molecule has 0 aliphatic heterocycles. The first-order valence-electron chi connectivity index (χ1n) is 9.78. The first-order chi connectivity index (χ1) is 14.2. The molecule has 0 aliphatic rings. The van der Waals surface area contributed by atoms with Gasteiger partial charge in [-0.15, -0.1) is 0 Å². The molecule has 0 radical (unpaired) electrons. The van der Waals surface area contributed by atoms with E-state index in [-0.39, 0.29) is 10.8 Å². The summed E-state index contributed by atoms with van der Waals surface area (Å²) in [5, 5.41) is 0. The molecule has 2 heterocycles. The van der Waals surface area contributed by atoms with Gasteiger partial charge in [0.25, 0.3) is 0 Å². The molecular formula is C21H27N5O3S. The topological polar surface area (TPSA) is 88.4 Å². The van der Waals surface area contributed by atoms with Crippen molar-refractivity contribution in [1.29, 1.82) is 0 Å². The SMILES string of the molecule is CCn1c(CCC(=O)N(C)Cc2cccnc2)nc2cc(S(=O)(=O)N(C)C)ccc21. The minimum Gasteiger partial charge on any atom is -0.341 e. The van der Waals surface area contributed by atoms with Gasteiger partial charge in [0.05, 0.1) is 15.9 Å². The summed E-state index contributed by atoms with van der Waals surface area (Å²) >= 11 is 0. The van der Waals surface area contributed by atoms with E-state index in [1.165, 1.54) is 18.4 Å². The van der Waals surface area contributed by atoms with Crippen LogP contribution in [0.15, 0.2) is 47.6 Å². The highest BCUT2D eigenvalue weighted by Crippen LogP contribution is 2.23. The largest absolute Gasteiger partial charge is 0.341 e. The molecular weight excluding hydrogens is 402 g/mol. The fourth-order valence-corrected chi connectivity index (χ4v) is 4.26. The van der Waals surface area contributed by atoms with Crippen molar-refractivity contribution < 1.29 is 13.2 Å². The number of pyridine rings is 1. The van der Waals surface area contributed by atoms with Crippen LogP contribution in [0, 0.1) is 0 Å². The summed E-state index contributed by atoms with van der Waals surface area (Å²) in [6.45, 7) is 3.19. The number of amides is 1. The number of hydrogen-bond acceptors (Lipinski definition) is 5. The van der Waals surface area contributed by atoms with Gasteiger partial charge in [-0.2, -0.15) is 0 Å². The summed E-state index contributed by atoms with van der Waals surface area (Å²) in [5.74, 6) is 0.791. The second kappa shape index (κ2) is 8.93. The van der Waals surface area contributed by atoms with Crippen molar-refractivity contribution in [2.45, 2.75) is 37.8 Å². The average Bonchev–Trinajstić information content (AvgIpc) is 3.09. The molecule has 0 N–H and O–H groups in total. The Balaban J connectivity index is 1.77. The molecule has 30 heavy (non-hydrogen) atoms. The molecule has 0 aliphatic carbocycles. The standard InChI is InChI=1S/C21H27N5O3S/c1-5-26-19-9-8-17(30(28,29)24(2)3)13-18(19)23-20(26)10-11-21(27)25(4)15-16-7-6-12-22-14-16/h6-9,12-14H,5,10-11,15H2,1-4H3. The number of imidazole rings is 1. The smallest absolute Gasteiger partial charge is 0.242 e. The number of sulfonamides is 1. The molecule has 0 saturated carbocycles. The zero-order valence-electron chi connectivity index (χ0n) is 17.7. The summed E-state index contributed by atoms with van der Waals surface area (Å²) in [7, 11) is 1.25. The maximum absolute atomic E-state index is 12.6. The van der Waals surface area contributed by atoms with Gasteiger partial charge in [-0.25, -0.2) is 17.7 Å². The summed E-state index contributed by atoms with van der Waals surface area (Å²) in [6.07, 6.45) is 4.26. The molecule has 8 nitrogen and oxygen atoms in total. The van der Waals surface area contributed by atoms with Crippen molar-refractivity contribution in [3.63, 3.8) is 0 Å². The lowest BCUT2D eigenvalue weighted by molar-refractivity contribution is -0.130. The van der Waals surface area contributed by atoms with Gasteiger partial charge in [0, 0.05) is 59.5 Å². The number of carbonyl (C=O) groups is 1. The summed E-state index contributed by atoms with van der Waals surface area (Å²) < 4.78 is 28.0. The van der Waals surface area contributed by atoms with Crippen LogP contribution in [0.3, 0.4) is 0 Å². The summed E-state index contributed by atoms with van der Waals surface area (Å²) in [5.41, 5.74) is 2.45. The molecule has 160 valence electrons. The number of aryl methyl sites for hydroxylation is 2. The number of rotatable bonds is 8. The minimum absolute atomic E-state index is 0.0180. The molecule has 1 aromatic carbocycles. The minimum atomic E-state index is -3.53. The second-order valence-corrected chi connectivity index (χ2v) is 9.47. The van der Waals surface area contributed by atoms with E-state index in [1.54, 1.807) is 42.5 Å². The van der Waals surface area contributed by atoms with E-state index in [0.29, 0.717) is 31.4 Å². The van der Waals surface area contributed by atoms with E-state index >= 15 is 0 Å². The van der Waals surface area contributed by atoms with Gasteiger partial charge >= 0.3 is 0 Å². The van der Waals surface area contributed by atoms with Crippen LogP contribution in [0.5, 0.6) is 0 Å². The third-order valence-corrected chi connectivity index (χ3v) is 6.84. The van der Waals surface area contributed by atoms with E-state index in [0.717, 1.165) is 16.9 Å². The van der Waals surface area contributed by atoms with Crippen LogP contribution >= 0.6 is 0 Å². The third kappa shape index (κ3) is 4.52. The Morgan fingerprint density at radius 2 is 1.93 bits per heavy atom. The highest BCUT2D eigenvalue weighted by atomic mass is 32.2. The van der Waals surface area contributed by atoms with E-state index in [1.807, 2.05) is 23.6 Å². The number of aromatic nitrogens is 3. The van der Waals surface area contributed by atoms with Crippen molar-refractivity contribution in [3.05, 3.63) is 54.1 Å². The number of benzene rings is 1. The van der Waals surface area contributed by atoms with E-state index in [4.69, 9.17) is 0 Å². The van der Waals surface area contributed by atoms with Gasteiger partial charge in [-0.3, -0.25) is 9.78 Å². The quantitative estimate of drug-likeness (QED) is 0.548. The molecule has 3 rings (SSSR count). The van der Waals surface area contributed by atoms with E-state index < -0.39 is 10.0 Å².